The Balaban J connectivity index is 1.53. The monoisotopic (exact) mass is 617 g/mol. The zero-order chi connectivity index (χ0) is 32.4. The molecule has 3 aromatic carbocycles. The van der Waals surface area contributed by atoms with Crippen LogP contribution in [0.25, 0.3) is 0 Å². The Labute approximate surface area is 264 Å². The van der Waals surface area contributed by atoms with E-state index in [2.05, 4.69) is 10.6 Å². The zero-order valence-corrected chi connectivity index (χ0v) is 26.3. The van der Waals surface area contributed by atoms with Gasteiger partial charge in [-0.2, -0.15) is 0 Å². The number of aryl methyl sites for hydroxylation is 1. The minimum absolute atomic E-state index is 0.194. The Kier molecular flexibility index (Phi) is 11.6. The van der Waals surface area contributed by atoms with Crippen LogP contribution in [0.1, 0.15) is 49.8 Å². The standard InChI is InChI=1S/C35H43N3O7/c1-35(2,3)45-34(42)38-21-28(44-23-27(38)22-39)20-19-24-13-11-12-18-29(24)36-32(40)31(37-33(41)43-4)30(25-14-7-5-8-15-25)26-16-9-6-10-17-26/h5-18,27-28,30-31,39H,19-23H2,1-4H3,(H,36,40)(H,37,41)/t27-,28-,31?/m1/s1. The smallest absolute Gasteiger partial charge is 0.410 e. The number of methoxy groups -OCH3 is 1. The van der Waals surface area contributed by atoms with Crippen molar-refractivity contribution in [3.63, 3.8) is 0 Å². The fraction of sp³-hybridized carbons (Fsp3) is 0.400. The van der Waals surface area contributed by atoms with E-state index in [1.807, 2.05) is 84.9 Å². The Morgan fingerprint density at radius 2 is 1.56 bits per heavy atom. The molecule has 0 aliphatic carbocycles. The van der Waals surface area contributed by atoms with E-state index in [0.717, 1.165) is 16.7 Å². The van der Waals surface area contributed by atoms with Crippen molar-refractivity contribution in [2.75, 3.05) is 32.2 Å². The van der Waals surface area contributed by atoms with E-state index < -0.39 is 41.7 Å². The SMILES string of the molecule is COC(=O)NC(C(=O)Nc1ccccc1CC[C@@H]1CN(C(=O)OC(C)(C)C)[C@H](CO)CO1)C(c1ccccc1)c1ccccc1. The van der Waals surface area contributed by atoms with E-state index in [1.54, 1.807) is 20.8 Å². The van der Waals surface area contributed by atoms with Crippen LogP contribution in [0.4, 0.5) is 15.3 Å². The lowest BCUT2D eigenvalue weighted by Crippen LogP contribution is -2.55. The normalized spacial score (nSPS) is 17.3. The first-order chi connectivity index (χ1) is 21.6. The number of carbonyl (C=O) groups is 3. The lowest BCUT2D eigenvalue weighted by Gasteiger charge is -2.39. The number of ether oxygens (including phenoxy) is 3. The Morgan fingerprint density at radius 3 is 2.13 bits per heavy atom. The van der Waals surface area contributed by atoms with Gasteiger partial charge in [-0.15, -0.1) is 0 Å². The van der Waals surface area contributed by atoms with Gasteiger partial charge in [-0.1, -0.05) is 78.9 Å². The summed E-state index contributed by atoms with van der Waals surface area (Å²) in [5.74, 6) is -0.894. The van der Waals surface area contributed by atoms with E-state index >= 15 is 0 Å². The third-order valence-electron chi connectivity index (χ3n) is 7.61. The first kappa shape index (κ1) is 33.5. The van der Waals surface area contributed by atoms with E-state index in [-0.39, 0.29) is 25.9 Å². The minimum Gasteiger partial charge on any atom is -0.453 e. The number of para-hydroxylation sites is 1. The highest BCUT2D eigenvalue weighted by molar-refractivity contribution is 5.98. The number of nitrogens with one attached hydrogen (secondary N) is 2. The van der Waals surface area contributed by atoms with Crippen LogP contribution >= 0.6 is 0 Å². The highest BCUT2D eigenvalue weighted by Gasteiger charge is 2.35. The molecule has 0 radical (unpaired) electrons. The molecule has 0 saturated carbocycles. The summed E-state index contributed by atoms with van der Waals surface area (Å²) in [5.41, 5.74) is 2.53. The Bertz CT molecular complexity index is 1370. The van der Waals surface area contributed by atoms with Crippen LogP contribution in [-0.4, -0.2) is 78.8 Å². The van der Waals surface area contributed by atoms with Crippen LogP contribution in [0.5, 0.6) is 0 Å². The summed E-state index contributed by atoms with van der Waals surface area (Å²) in [7, 11) is 1.26. The highest BCUT2D eigenvalue weighted by Crippen LogP contribution is 2.30. The molecule has 3 amide bonds. The van der Waals surface area contributed by atoms with Gasteiger partial charge in [0, 0.05) is 11.6 Å². The predicted octanol–water partition coefficient (Wildman–Crippen LogP) is 5.11. The topological polar surface area (TPSA) is 126 Å². The summed E-state index contributed by atoms with van der Waals surface area (Å²) in [4.78, 5) is 40.9. The Hall–Kier alpha value is -4.41. The number of hydrogen-bond acceptors (Lipinski definition) is 7. The fourth-order valence-corrected chi connectivity index (χ4v) is 5.40. The maximum Gasteiger partial charge on any atom is 0.410 e. The molecule has 1 unspecified atom stereocenters. The molecule has 240 valence electrons. The van der Waals surface area contributed by atoms with Gasteiger partial charge in [-0.3, -0.25) is 9.69 Å². The first-order valence-electron chi connectivity index (χ1n) is 15.1. The number of alkyl carbamates (subject to hydrolysis) is 1. The van der Waals surface area contributed by atoms with Crippen LogP contribution in [0.2, 0.25) is 0 Å². The van der Waals surface area contributed by atoms with Gasteiger partial charge in [0.2, 0.25) is 5.91 Å². The fourth-order valence-electron chi connectivity index (χ4n) is 5.40. The van der Waals surface area contributed by atoms with Crippen LogP contribution in [-0.2, 0) is 25.4 Å². The van der Waals surface area contributed by atoms with Crippen molar-refractivity contribution >= 4 is 23.8 Å². The van der Waals surface area contributed by atoms with Gasteiger partial charge in [0.05, 0.1) is 39.0 Å². The summed E-state index contributed by atoms with van der Waals surface area (Å²) in [6.07, 6.45) is -0.393. The second kappa shape index (κ2) is 15.5. The maximum absolute atomic E-state index is 14.0. The molecule has 1 aliphatic heterocycles. The van der Waals surface area contributed by atoms with Crippen LogP contribution in [0, 0.1) is 0 Å². The molecule has 10 nitrogen and oxygen atoms in total. The number of aliphatic hydroxyl groups is 1. The minimum atomic E-state index is -0.991. The van der Waals surface area contributed by atoms with E-state index in [9.17, 15) is 19.5 Å². The van der Waals surface area contributed by atoms with Gasteiger partial charge in [-0.05, 0) is 56.4 Å². The molecular formula is C35H43N3O7. The number of benzene rings is 3. The van der Waals surface area contributed by atoms with Gasteiger partial charge in [0.1, 0.15) is 11.6 Å². The molecule has 3 atom stereocenters. The first-order valence-corrected chi connectivity index (χ1v) is 15.1. The van der Waals surface area contributed by atoms with Crippen molar-refractivity contribution in [1.29, 1.82) is 0 Å². The molecule has 1 saturated heterocycles. The number of morpholine rings is 1. The average Bonchev–Trinajstić information content (AvgIpc) is 3.04. The number of anilines is 1. The largest absolute Gasteiger partial charge is 0.453 e. The second-order valence-corrected chi connectivity index (χ2v) is 12.0. The molecule has 0 bridgehead atoms. The third kappa shape index (κ3) is 9.29. The number of amides is 3. The highest BCUT2D eigenvalue weighted by atomic mass is 16.6. The Morgan fingerprint density at radius 1 is 0.956 bits per heavy atom. The molecule has 1 aliphatic rings. The molecular weight excluding hydrogens is 574 g/mol. The number of carbonyl (C=O) groups excluding carboxylic acids is 3. The van der Waals surface area contributed by atoms with Gasteiger partial charge in [0.15, 0.2) is 0 Å². The number of hydrogen-bond donors (Lipinski definition) is 3. The molecule has 0 spiro atoms. The van der Waals surface area contributed by atoms with Crippen LogP contribution in [0.3, 0.4) is 0 Å². The van der Waals surface area contributed by atoms with Gasteiger partial charge in [0.25, 0.3) is 0 Å². The van der Waals surface area contributed by atoms with Crippen molar-refractivity contribution in [3.05, 3.63) is 102 Å². The second-order valence-electron chi connectivity index (χ2n) is 12.0. The van der Waals surface area contributed by atoms with Crippen molar-refractivity contribution < 1.29 is 33.7 Å². The predicted molar refractivity (Wildman–Crippen MR) is 171 cm³/mol. The van der Waals surface area contributed by atoms with E-state index in [4.69, 9.17) is 14.2 Å². The van der Waals surface area contributed by atoms with Crippen LogP contribution in [0.15, 0.2) is 84.9 Å². The molecule has 0 aromatic heterocycles. The number of rotatable bonds is 10. The van der Waals surface area contributed by atoms with Crippen LogP contribution < -0.4 is 10.6 Å². The van der Waals surface area contributed by atoms with E-state index in [0.29, 0.717) is 18.5 Å². The molecule has 45 heavy (non-hydrogen) atoms. The van der Waals surface area contributed by atoms with Gasteiger partial charge >= 0.3 is 12.2 Å². The molecule has 3 N–H and O–H groups in total. The zero-order valence-electron chi connectivity index (χ0n) is 26.3. The average molecular weight is 618 g/mol. The van der Waals surface area contributed by atoms with E-state index in [1.165, 1.54) is 12.0 Å². The lowest BCUT2D eigenvalue weighted by atomic mass is 9.84. The summed E-state index contributed by atoms with van der Waals surface area (Å²) in [6.45, 7) is 5.64. The van der Waals surface area contributed by atoms with Crippen molar-refractivity contribution in [1.82, 2.24) is 10.2 Å². The van der Waals surface area contributed by atoms with Crippen molar-refractivity contribution in [2.24, 2.45) is 0 Å². The molecule has 1 fully saturated rings. The number of nitrogens with zero attached hydrogens (tertiary/aromatic N) is 1. The third-order valence-corrected chi connectivity index (χ3v) is 7.61. The summed E-state index contributed by atoms with van der Waals surface area (Å²) in [6, 6.07) is 25.1. The van der Waals surface area contributed by atoms with Crippen molar-refractivity contribution in [3.8, 4) is 0 Å². The lowest BCUT2D eigenvalue weighted by molar-refractivity contribution is -0.118. The number of aliphatic hydroxyl groups excluding tert-OH is 1. The maximum atomic E-state index is 14.0. The van der Waals surface area contributed by atoms with Gasteiger partial charge < -0.3 is 30.0 Å². The quantitative estimate of drug-likeness (QED) is 0.289. The molecule has 3 aromatic rings. The molecule has 4 rings (SSSR count). The van der Waals surface area contributed by atoms with Crippen molar-refractivity contribution in [2.45, 2.75) is 63.3 Å². The summed E-state index contributed by atoms with van der Waals surface area (Å²) in [5, 5.41) is 15.6. The summed E-state index contributed by atoms with van der Waals surface area (Å²) >= 11 is 0. The van der Waals surface area contributed by atoms with Gasteiger partial charge in [-0.25, -0.2) is 9.59 Å². The molecule has 1 heterocycles. The summed E-state index contributed by atoms with van der Waals surface area (Å²) < 4.78 is 16.5. The molecule has 10 heteroatoms.